The number of primary amides is 1. The number of amides is 3. The Kier molecular flexibility index (Phi) is 18.6. The monoisotopic (exact) mass is 639 g/mol. The molecule has 10 heteroatoms. The summed E-state index contributed by atoms with van der Waals surface area (Å²) in [5.74, 6) is 2.42. The van der Waals surface area contributed by atoms with Crippen molar-refractivity contribution >= 4 is 52.0 Å². The number of fused-ring (bicyclic) bond motifs is 1. The Morgan fingerprint density at radius 3 is 2.38 bits per heavy atom. The predicted molar refractivity (Wildman–Crippen MR) is 187 cm³/mol. The summed E-state index contributed by atoms with van der Waals surface area (Å²) in [6.07, 6.45) is 7.59. The highest BCUT2D eigenvalue weighted by molar-refractivity contribution is 8.00. The van der Waals surface area contributed by atoms with Crippen molar-refractivity contribution in [1.82, 2.24) is 10.6 Å². The number of hydrogen-bond donors (Lipinski definition) is 5. The molecule has 0 bridgehead atoms. The van der Waals surface area contributed by atoms with Gasteiger partial charge in [0.2, 0.25) is 17.7 Å². The Balaban J connectivity index is 0.000000390. The maximum absolute atomic E-state index is 11.7. The van der Waals surface area contributed by atoms with Gasteiger partial charge in [-0.2, -0.15) is 17.0 Å². The lowest BCUT2D eigenvalue weighted by molar-refractivity contribution is -0.120. The van der Waals surface area contributed by atoms with Gasteiger partial charge in [0.1, 0.15) is 6.07 Å². The number of carbonyl (C=O) groups excluding carboxylic acids is 3. The molecular formula is C35H53N5O4S. The molecule has 3 rings (SSSR count). The lowest BCUT2D eigenvalue weighted by Crippen LogP contribution is -2.41. The first-order chi connectivity index (χ1) is 21.3. The minimum atomic E-state index is -0.226. The van der Waals surface area contributed by atoms with Crippen LogP contribution in [0.1, 0.15) is 84.8 Å². The van der Waals surface area contributed by atoms with Crippen molar-refractivity contribution in [2.45, 2.75) is 84.9 Å². The number of carbonyl (C=O) groups is 3. The van der Waals surface area contributed by atoms with Crippen LogP contribution in [0.15, 0.2) is 36.4 Å². The lowest BCUT2D eigenvalue weighted by atomic mass is 9.97. The molecule has 1 heterocycles. The fourth-order valence-electron chi connectivity index (χ4n) is 4.55. The molecule has 248 valence electrons. The molecule has 3 amide bonds. The number of aliphatic hydroxyl groups excluding tert-OH is 1. The van der Waals surface area contributed by atoms with Gasteiger partial charge >= 0.3 is 0 Å². The Hall–Kier alpha value is -3.55. The summed E-state index contributed by atoms with van der Waals surface area (Å²) in [4.78, 5) is 33.4. The fourth-order valence-corrected chi connectivity index (χ4v) is 6.19. The van der Waals surface area contributed by atoms with Gasteiger partial charge < -0.3 is 27.2 Å². The maximum Gasteiger partial charge on any atom is 0.244 e. The average molecular weight is 640 g/mol. The first-order valence-corrected chi connectivity index (χ1v) is 16.8. The molecule has 1 aliphatic rings. The van der Waals surface area contributed by atoms with E-state index in [9.17, 15) is 14.4 Å². The van der Waals surface area contributed by atoms with Crippen LogP contribution in [0.4, 0.5) is 5.69 Å². The first kappa shape index (κ1) is 39.5. The summed E-state index contributed by atoms with van der Waals surface area (Å²) in [5, 5.41) is 25.5. The Morgan fingerprint density at radius 1 is 1.11 bits per heavy atom. The van der Waals surface area contributed by atoms with Gasteiger partial charge in [0.15, 0.2) is 0 Å². The van der Waals surface area contributed by atoms with Crippen LogP contribution in [0.3, 0.4) is 0 Å². The number of thioether (sulfide) groups is 1. The molecule has 3 unspecified atom stereocenters. The molecule has 2 aromatic carbocycles. The highest BCUT2D eigenvalue weighted by Gasteiger charge is 2.33. The molecule has 1 fully saturated rings. The molecule has 1 saturated heterocycles. The van der Waals surface area contributed by atoms with Gasteiger partial charge in [-0.1, -0.05) is 53.2 Å². The first-order valence-electron chi connectivity index (χ1n) is 15.7. The van der Waals surface area contributed by atoms with Crippen molar-refractivity contribution in [3.05, 3.63) is 47.5 Å². The zero-order valence-electron chi connectivity index (χ0n) is 27.8. The van der Waals surface area contributed by atoms with E-state index in [4.69, 9.17) is 21.8 Å². The number of aliphatic hydroxyl groups is 1. The summed E-state index contributed by atoms with van der Waals surface area (Å²) < 4.78 is 0. The van der Waals surface area contributed by atoms with Crippen LogP contribution >= 0.6 is 11.8 Å². The number of nitriles is 1. The molecule has 3 atom stereocenters. The second-order valence-electron chi connectivity index (χ2n) is 12.3. The summed E-state index contributed by atoms with van der Waals surface area (Å²) in [7, 11) is 0. The van der Waals surface area contributed by atoms with E-state index in [2.05, 4.69) is 37.5 Å². The Morgan fingerprint density at radius 2 is 1.82 bits per heavy atom. The third-order valence-electron chi connectivity index (χ3n) is 7.09. The number of benzene rings is 2. The average Bonchev–Trinajstić information content (AvgIpc) is 3.31. The van der Waals surface area contributed by atoms with Crippen molar-refractivity contribution in [3.8, 4) is 6.07 Å². The number of rotatable bonds is 12. The van der Waals surface area contributed by atoms with E-state index in [-0.39, 0.29) is 23.8 Å². The molecule has 0 radical (unpaired) electrons. The number of nitrogen functional groups attached to an aromatic ring is 1. The second-order valence-corrected chi connectivity index (χ2v) is 13.6. The molecule has 2 aromatic rings. The Labute approximate surface area is 273 Å². The van der Waals surface area contributed by atoms with Crippen molar-refractivity contribution < 1.29 is 19.5 Å². The molecule has 9 nitrogen and oxygen atoms in total. The molecule has 45 heavy (non-hydrogen) atoms. The van der Waals surface area contributed by atoms with Crippen LogP contribution in [-0.4, -0.2) is 53.0 Å². The van der Waals surface area contributed by atoms with Crippen LogP contribution < -0.4 is 22.1 Å². The zero-order valence-corrected chi connectivity index (χ0v) is 28.6. The molecular weight excluding hydrogens is 586 g/mol. The van der Waals surface area contributed by atoms with Crippen LogP contribution in [0.5, 0.6) is 0 Å². The third-order valence-corrected chi connectivity index (χ3v) is 8.77. The molecule has 0 saturated carbocycles. The highest BCUT2D eigenvalue weighted by Crippen LogP contribution is 2.34. The summed E-state index contributed by atoms with van der Waals surface area (Å²) >= 11 is 1.93. The third kappa shape index (κ3) is 16.4. The van der Waals surface area contributed by atoms with Crippen molar-refractivity contribution in [2.24, 2.45) is 23.5 Å². The van der Waals surface area contributed by atoms with E-state index in [1.807, 2.05) is 43.8 Å². The van der Waals surface area contributed by atoms with Crippen LogP contribution in [0.25, 0.3) is 16.8 Å². The van der Waals surface area contributed by atoms with E-state index >= 15 is 0 Å². The number of hydrogen-bond acceptors (Lipinski definition) is 7. The summed E-state index contributed by atoms with van der Waals surface area (Å²) in [5.41, 5.74) is 12.7. The fraction of sp³-hybridized carbons (Fsp3) is 0.543. The topological polar surface area (TPSA) is 171 Å². The van der Waals surface area contributed by atoms with E-state index in [0.29, 0.717) is 53.8 Å². The highest BCUT2D eigenvalue weighted by atomic mass is 32.2. The van der Waals surface area contributed by atoms with Crippen molar-refractivity contribution in [1.29, 1.82) is 5.26 Å². The number of nitrogens with zero attached hydrogens (tertiary/aromatic N) is 1. The van der Waals surface area contributed by atoms with Crippen LogP contribution in [0, 0.1) is 29.1 Å². The smallest absolute Gasteiger partial charge is 0.244 e. The number of nitrogens with one attached hydrogen (secondary N) is 2. The van der Waals surface area contributed by atoms with Gasteiger partial charge in [0.05, 0.1) is 11.3 Å². The van der Waals surface area contributed by atoms with Gasteiger partial charge in [-0.15, -0.1) is 0 Å². The molecule has 0 spiro atoms. The minimum absolute atomic E-state index is 0.0477. The standard InChI is InChI=1S/C18H19N3O.C12H22N2O2S.C5H12O/c1-12(2)11-21-18(22)6-4-13-3-5-14-9-17(20)16(10-19)8-15(14)7-13;1-8-7-17-10(12(8)14-9(2)15)5-3-4-6-11(13)16;1-5(2)3-4-6/h3-9,12H,11,20H2,1-2H3,(H,21,22);8,10,12H,3-7H2,1-2H3,(H2,13,16)(H,14,15);5-6H,3-4H2,1-2H3/b6-4+;;. The Bertz CT molecular complexity index is 1300. The molecule has 7 N–H and O–H groups in total. The number of nitrogens with two attached hydrogens (primary N) is 2. The van der Waals surface area contributed by atoms with Gasteiger partial charge in [-0.25, -0.2) is 0 Å². The molecule has 1 aliphatic heterocycles. The van der Waals surface area contributed by atoms with Gasteiger partial charge in [-0.05, 0) is 83.4 Å². The minimum Gasteiger partial charge on any atom is -0.398 e. The van der Waals surface area contributed by atoms with E-state index in [1.165, 1.54) is 6.08 Å². The molecule has 0 aromatic heterocycles. The summed E-state index contributed by atoms with van der Waals surface area (Å²) in [6.45, 7) is 13.0. The van der Waals surface area contributed by atoms with Crippen molar-refractivity contribution in [3.63, 3.8) is 0 Å². The summed E-state index contributed by atoms with van der Waals surface area (Å²) in [6, 6.07) is 11.7. The van der Waals surface area contributed by atoms with Crippen LogP contribution in [-0.2, 0) is 14.4 Å². The molecule has 0 aliphatic carbocycles. The number of unbranched alkanes of at least 4 members (excludes halogenated alkanes) is 1. The van der Waals surface area contributed by atoms with Crippen LogP contribution in [0.2, 0.25) is 0 Å². The van der Waals surface area contributed by atoms with Crippen molar-refractivity contribution in [2.75, 3.05) is 24.6 Å². The second kappa shape index (κ2) is 21.2. The van der Waals surface area contributed by atoms with E-state index in [0.717, 1.165) is 47.8 Å². The largest absolute Gasteiger partial charge is 0.398 e. The lowest BCUT2D eigenvalue weighted by Gasteiger charge is -2.22. The quantitative estimate of drug-likeness (QED) is 0.118. The van der Waals surface area contributed by atoms with E-state index < -0.39 is 0 Å². The number of anilines is 1. The maximum atomic E-state index is 11.7. The van der Waals surface area contributed by atoms with Gasteiger partial charge in [-0.3, -0.25) is 14.4 Å². The predicted octanol–water partition coefficient (Wildman–Crippen LogP) is 5.39. The van der Waals surface area contributed by atoms with Gasteiger partial charge in [0, 0.05) is 43.9 Å². The SMILES string of the molecule is CC(=O)NC1C(C)CSC1CCCCC(N)=O.CC(C)CCO.CC(C)CNC(=O)/C=C/c1ccc2cc(N)c(C#N)cc2c1. The van der Waals surface area contributed by atoms with E-state index in [1.54, 1.807) is 25.1 Å². The normalized spacial score (nSPS) is 17.3. The van der Waals surface area contributed by atoms with Gasteiger partial charge in [0.25, 0.3) is 0 Å². The zero-order chi connectivity index (χ0) is 33.9.